The summed E-state index contributed by atoms with van der Waals surface area (Å²) < 4.78 is 6.14. The predicted molar refractivity (Wildman–Crippen MR) is 101 cm³/mol. The van der Waals surface area contributed by atoms with Crippen LogP contribution in [0.2, 0.25) is 0 Å². The van der Waals surface area contributed by atoms with Gasteiger partial charge in [-0.05, 0) is 52.4 Å². The number of nitrogens with zero attached hydrogens (tertiary/aromatic N) is 4. The van der Waals surface area contributed by atoms with Crippen LogP contribution in [0.3, 0.4) is 0 Å². The van der Waals surface area contributed by atoms with Crippen molar-refractivity contribution in [3.8, 4) is 11.4 Å². The van der Waals surface area contributed by atoms with Gasteiger partial charge >= 0.3 is 5.97 Å². The van der Waals surface area contributed by atoms with Crippen molar-refractivity contribution in [2.75, 3.05) is 12.9 Å². The van der Waals surface area contributed by atoms with Gasteiger partial charge in [-0.15, -0.1) is 5.10 Å². The Labute approximate surface area is 164 Å². The van der Waals surface area contributed by atoms with Gasteiger partial charge in [0.05, 0.1) is 24.1 Å². The molecule has 1 amide bonds. The molecule has 144 valence electrons. The van der Waals surface area contributed by atoms with Crippen LogP contribution in [0.1, 0.15) is 15.9 Å². The number of aromatic nitrogens is 4. The van der Waals surface area contributed by atoms with E-state index < -0.39 is 5.97 Å². The zero-order valence-electron chi connectivity index (χ0n) is 14.9. The summed E-state index contributed by atoms with van der Waals surface area (Å²) in [5, 5.41) is 24.1. The fourth-order valence-corrected chi connectivity index (χ4v) is 3.00. The first kappa shape index (κ1) is 19.4. The normalized spacial score (nSPS) is 10.5. The van der Waals surface area contributed by atoms with Crippen molar-refractivity contribution < 1.29 is 19.4 Å². The van der Waals surface area contributed by atoms with Crippen LogP contribution in [-0.2, 0) is 16.1 Å². The van der Waals surface area contributed by atoms with Crippen molar-refractivity contribution in [1.82, 2.24) is 25.5 Å². The Bertz CT molecular complexity index is 957. The molecule has 10 heteroatoms. The summed E-state index contributed by atoms with van der Waals surface area (Å²) in [5.74, 6) is -0.302. The van der Waals surface area contributed by atoms with Crippen LogP contribution in [-0.4, -0.2) is 50.1 Å². The zero-order valence-corrected chi connectivity index (χ0v) is 15.7. The second kappa shape index (κ2) is 9.00. The highest BCUT2D eigenvalue weighted by Crippen LogP contribution is 2.19. The van der Waals surface area contributed by atoms with E-state index in [1.54, 1.807) is 36.4 Å². The van der Waals surface area contributed by atoms with Crippen LogP contribution >= 0.6 is 11.8 Å². The highest BCUT2D eigenvalue weighted by molar-refractivity contribution is 7.99. The number of aromatic hydroxyl groups is 1. The van der Waals surface area contributed by atoms with Crippen LogP contribution in [0.25, 0.3) is 5.69 Å². The first-order valence-corrected chi connectivity index (χ1v) is 9.20. The minimum absolute atomic E-state index is 0.138. The smallest absolute Gasteiger partial charge is 0.337 e. The molecule has 0 spiro atoms. The number of amides is 1. The largest absolute Gasteiger partial charge is 0.508 e. The van der Waals surface area contributed by atoms with E-state index in [9.17, 15) is 14.7 Å². The number of ether oxygens (including phenoxy) is 1. The Balaban J connectivity index is 1.52. The first-order valence-electron chi connectivity index (χ1n) is 8.21. The third-order valence-electron chi connectivity index (χ3n) is 3.73. The van der Waals surface area contributed by atoms with E-state index in [4.69, 9.17) is 0 Å². The maximum Gasteiger partial charge on any atom is 0.337 e. The molecule has 3 aromatic rings. The fraction of sp³-hybridized carbons (Fsp3) is 0.167. The predicted octanol–water partition coefficient (Wildman–Crippen LogP) is 1.56. The van der Waals surface area contributed by atoms with E-state index in [0.29, 0.717) is 23.0 Å². The Morgan fingerprint density at radius 3 is 2.54 bits per heavy atom. The summed E-state index contributed by atoms with van der Waals surface area (Å²) in [7, 11) is 1.33. The number of carbonyl (C=O) groups is 2. The molecule has 0 atom stereocenters. The number of benzene rings is 2. The molecule has 0 unspecified atom stereocenters. The number of esters is 1. The molecule has 9 nitrogen and oxygen atoms in total. The summed E-state index contributed by atoms with van der Waals surface area (Å²) in [5.41, 5.74) is 1.99. The summed E-state index contributed by atoms with van der Waals surface area (Å²) in [6, 6.07) is 13.2. The van der Waals surface area contributed by atoms with Gasteiger partial charge < -0.3 is 15.2 Å². The molecule has 1 heterocycles. The van der Waals surface area contributed by atoms with Gasteiger partial charge in [-0.3, -0.25) is 4.79 Å². The molecule has 0 aliphatic carbocycles. The quantitative estimate of drug-likeness (QED) is 0.454. The maximum absolute atomic E-state index is 12.1. The molecule has 0 fully saturated rings. The third kappa shape index (κ3) is 4.86. The molecular formula is C18H17N5O4S. The number of rotatable bonds is 7. The van der Waals surface area contributed by atoms with Crippen molar-refractivity contribution in [1.29, 1.82) is 0 Å². The van der Waals surface area contributed by atoms with E-state index in [-0.39, 0.29) is 17.4 Å². The highest BCUT2D eigenvalue weighted by Gasteiger charge is 2.12. The number of thioether (sulfide) groups is 1. The van der Waals surface area contributed by atoms with Crippen LogP contribution in [0, 0.1) is 0 Å². The number of hydrogen-bond donors (Lipinski definition) is 2. The van der Waals surface area contributed by atoms with Crippen molar-refractivity contribution in [2.24, 2.45) is 0 Å². The average molecular weight is 399 g/mol. The Morgan fingerprint density at radius 2 is 1.86 bits per heavy atom. The van der Waals surface area contributed by atoms with E-state index in [0.717, 1.165) is 5.56 Å². The Morgan fingerprint density at radius 1 is 1.14 bits per heavy atom. The minimum Gasteiger partial charge on any atom is -0.508 e. The van der Waals surface area contributed by atoms with Gasteiger partial charge in [0, 0.05) is 6.54 Å². The zero-order chi connectivity index (χ0) is 19.9. The van der Waals surface area contributed by atoms with Gasteiger partial charge in [0.1, 0.15) is 5.75 Å². The lowest BCUT2D eigenvalue weighted by Gasteiger charge is -2.07. The van der Waals surface area contributed by atoms with E-state index >= 15 is 0 Å². The van der Waals surface area contributed by atoms with Crippen molar-refractivity contribution in [3.05, 3.63) is 59.7 Å². The van der Waals surface area contributed by atoms with Crippen LogP contribution < -0.4 is 5.32 Å². The molecule has 28 heavy (non-hydrogen) atoms. The molecule has 0 aliphatic rings. The second-order valence-electron chi connectivity index (χ2n) is 5.64. The lowest BCUT2D eigenvalue weighted by molar-refractivity contribution is -0.118. The average Bonchev–Trinajstić information content (AvgIpc) is 3.19. The monoisotopic (exact) mass is 399 g/mol. The highest BCUT2D eigenvalue weighted by atomic mass is 32.2. The van der Waals surface area contributed by atoms with Gasteiger partial charge in [0.2, 0.25) is 11.1 Å². The van der Waals surface area contributed by atoms with Crippen molar-refractivity contribution in [2.45, 2.75) is 11.7 Å². The molecule has 0 bridgehead atoms. The third-order valence-corrected chi connectivity index (χ3v) is 4.65. The molecule has 2 aromatic carbocycles. The minimum atomic E-state index is -0.404. The second-order valence-corrected chi connectivity index (χ2v) is 6.59. The van der Waals surface area contributed by atoms with E-state index in [1.807, 2.05) is 0 Å². The van der Waals surface area contributed by atoms with Crippen LogP contribution in [0.15, 0.2) is 53.7 Å². The van der Waals surface area contributed by atoms with Gasteiger partial charge in [-0.25, -0.2) is 4.79 Å². The number of phenols is 1. The van der Waals surface area contributed by atoms with E-state index in [1.165, 1.54) is 35.7 Å². The molecule has 1 aromatic heterocycles. The first-order chi connectivity index (χ1) is 13.6. The van der Waals surface area contributed by atoms with Gasteiger partial charge in [-0.1, -0.05) is 23.9 Å². The Hall–Kier alpha value is -3.40. The van der Waals surface area contributed by atoms with Gasteiger partial charge in [-0.2, -0.15) is 4.68 Å². The summed E-state index contributed by atoms with van der Waals surface area (Å²) in [6.07, 6.45) is 0. The molecular weight excluding hydrogens is 382 g/mol. The number of phenolic OH excluding ortho intramolecular Hbond substituents is 1. The fourth-order valence-electron chi connectivity index (χ4n) is 2.28. The Kier molecular flexibility index (Phi) is 6.22. The molecule has 0 saturated carbocycles. The number of methoxy groups -OCH3 is 1. The van der Waals surface area contributed by atoms with Gasteiger partial charge in [0.25, 0.3) is 0 Å². The summed E-state index contributed by atoms with van der Waals surface area (Å²) in [4.78, 5) is 23.5. The SMILES string of the molecule is COC(=O)c1ccc(CNC(=O)CSc2nnnn2-c2ccc(O)cc2)cc1. The standard InChI is InChI=1S/C18H17N5O4S/c1-27-17(26)13-4-2-12(3-5-13)10-19-16(25)11-28-18-20-21-22-23(18)14-6-8-15(24)9-7-14/h2-9,24H,10-11H2,1H3,(H,19,25). The number of tetrazole rings is 1. The molecule has 2 N–H and O–H groups in total. The summed E-state index contributed by atoms with van der Waals surface area (Å²) >= 11 is 1.20. The lowest BCUT2D eigenvalue weighted by atomic mass is 10.1. The molecule has 0 aliphatic heterocycles. The van der Waals surface area contributed by atoms with Crippen molar-refractivity contribution in [3.63, 3.8) is 0 Å². The number of hydrogen-bond acceptors (Lipinski definition) is 8. The number of carbonyl (C=O) groups excluding carboxylic acids is 2. The maximum atomic E-state index is 12.1. The topological polar surface area (TPSA) is 119 Å². The van der Waals surface area contributed by atoms with Crippen LogP contribution in [0.5, 0.6) is 5.75 Å². The van der Waals surface area contributed by atoms with Crippen molar-refractivity contribution >= 4 is 23.6 Å². The molecule has 0 radical (unpaired) electrons. The lowest BCUT2D eigenvalue weighted by Crippen LogP contribution is -2.24. The molecule has 0 saturated heterocycles. The van der Waals surface area contributed by atoms with Gasteiger partial charge in [0.15, 0.2) is 0 Å². The number of nitrogens with one attached hydrogen (secondary N) is 1. The van der Waals surface area contributed by atoms with E-state index in [2.05, 4.69) is 25.6 Å². The molecule has 3 rings (SSSR count). The summed E-state index contributed by atoms with van der Waals surface area (Å²) in [6.45, 7) is 0.337. The van der Waals surface area contributed by atoms with Crippen LogP contribution in [0.4, 0.5) is 0 Å².